The molecule has 10 heteroatoms. The van der Waals surface area contributed by atoms with Crippen LogP contribution in [0.5, 0.6) is 5.75 Å². The van der Waals surface area contributed by atoms with Gasteiger partial charge in [-0.05, 0) is 117 Å². The summed E-state index contributed by atoms with van der Waals surface area (Å²) in [6.45, 7) is 3.23. The van der Waals surface area contributed by atoms with Gasteiger partial charge in [-0.2, -0.15) is 0 Å². The first-order valence-electron chi connectivity index (χ1n) is 15.8. The van der Waals surface area contributed by atoms with Gasteiger partial charge in [0.15, 0.2) is 0 Å². The van der Waals surface area contributed by atoms with E-state index < -0.39 is 15.9 Å². The predicted molar refractivity (Wildman–Crippen MR) is 170 cm³/mol. The lowest BCUT2D eigenvalue weighted by atomic mass is 9.70. The molecule has 0 aromatic heterocycles. The Morgan fingerprint density at radius 2 is 1.84 bits per heavy atom. The summed E-state index contributed by atoms with van der Waals surface area (Å²) in [6.07, 6.45) is 10.8. The van der Waals surface area contributed by atoms with E-state index in [0.29, 0.717) is 36.3 Å². The maximum Gasteiger partial charge on any atom is 0.303 e. The number of amides is 1. The number of hydrogen-bond donors (Lipinski definition) is 1. The van der Waals surface area contributed by atoms with Gasteiger partial charge in [0.2, 0.25) is 10.0 Å². The Morgan fingerprint density at radius 3 is 2.59 bits per heavy atom. The number of halogens is 1. The van der Waals surface area contributed by atoms with E-state index in [9.17, 15) is 18.0 Å². The summed E-state index contributed by atoms with van der Waals surface area (Å²) < 4.78 is 41.0. The van der Waals surface area contributed by atoms with Gasteiger partial charge < -0.3 is 14.4 Å². The Bertz CT molecular complexity index is 1540. The highest BCUT2D eigenvalue weighted by atomic mass is 35.5. The molecule has 6 rings (SSSR count). The van der Waals surface area contributed by atoms with Crippen molar-refractivity contribution in [3.05, 3.63) is 70.3 Å². The number of sulfonamides is 1. The lowest BCUT2D eigenvalue weighted by Gasteiger charge is -2.43. The van der Waals surface area contributed by atoms with Crippen molar-refractivity contribution in [3.8, 4) is 5.75 Å². The van der Waals surface area contributed by atoms with Gasteiger partial charge in [0.25, 0.3) is 5.91 Å². The van der Waals surface area contributed by atoms with Gasteiger partial charge in [0, 0.05) is 36.5 Å². The minimum atomic E-state index is -3.88. The van der Waals surface area contributed by atoms with Crippen molar-refractivity contribution >= 4 is 39.2 Å². The Labute approximate surface area is 265 Å². The summed E-state index contributed by atoms with van der Waals surface area (Å²) in [5, 5.41) is 0.700. The average molecular weight is 641 g/mol. The van der Waals surface area contributed by atoms with Crippen LogP contribution in [-0.2, 0) is 32.6 Å². The van der Waals surface area contributed by atoms with Crippen molar-refractivity contribution in [3.63, 3.8) is 0 Å². The molecular formula is C34H41ClN2O6S. The van der Waals surface area contributed by atoms with Gasteiger partial charge in [-0.15, -0.1) is 0 Å². The van der Waals surface area contributed by atoms with Crippen molar-refractivity contribution in [2.45, 2.75) is 71.0 Å². The Kier molecular flexibility index (Phi) is 9.24. The van der Waals surface area contributed by atoms with Crippen LogP contribution in [-0.4, -0.2) is 45.2 Å². The second-order valence-electron chi connectivity index (χ2n) is 12.8. The maximum absolute atomic E-state index is 13.4. The second-order valence-corrected chi connectivity index (χ2v) is 15.0. The number of aryl methyl sites for hydroxylation is 1. The number of hydrogen-bond acceptors (Lipinski definition) is 7. The minimum Gasteiger partial charge on any atom is -0.487 e. The fourth-order valence-corrected chi connectivity index (χ4v) is 8.60. The first-order valence-corrected chi connectivity index (χ1v) is 17.9. The lowest BCUT2D eigenvalue weighted by molar-refractivity contribution is -0.149. The average Bonchev–Trinajstić information content (AvgIpc) is 3.79. The SMILES string of the molecule is CC(=O)O[C@H]1/C=C/CC(C2CC2)CS(=O)(=O)NC(=O)c2ccc3c(c2)N(CCCCc2cc(Cl)ccc2CO3)CC2CC[C@H]21. The second kappa shape index (κ2) is 13.1. The van der Waals surface area contributed by atoms with E-state index in [1.165, 1.54) is 12.5 Å². The topological polar surface area (TPSA) is 102 Å². The molecule has 2 heterocycles. The molecule has 2 aromatic carbocycles. The first kappa shape index (κ1) is 31.0. The number of ether oxygens (including phenoxy) is 2. The number of esters is 1. The van der Waals surface area contributed by atoms with Gasteiger partial charge in [0.05, 0.1) is 11.4 Å². The summed E-state index contributed by atoms with van der Waals surface area (Å²) in [7, 11) is -3.88. The van der Waals surface area contributed by atoms with Crippen molar-refractivity contribution in [2.24, 2.45) is 23.7 Å². The molecule has 4 aliphatic rings. The molecule has 2 aliphatic carbocycles. The standard InChI is InChI=1S/C34H41ClN2O6S/c1-22(38)43-32-7-4-6-28(23-8-9-23)21-44(40,41)36-34(39)25-12-15-33-31(18-25)37(19-26-11-14-30(26)32)16-3-2-5-24-17-29(35)13-10-27(24)20-42-33/h4,7,10,12-13,15,17-18,23,26,28,30,32H,2-3,5-6,8-9,11,14,16,19-21H2,1H3,(H,36,39)/b7-4+/t26?,28?,30-,32+/m1/s1. The van der Waals surface area contributed by atoms with Crippen LogP contribution in [0, 0.1) is 23.7 Å². The zero-order chi connectivity index (χ0) is 30.8. The van der Waals surface area contributed by atoms with Gasteiger partial charge >= 0.3 is 5.97 Å². The van der Waals surface area contributed by atoms with Crippen molar-refractivity contribution in [1.29, 1.82) is 0 Å². The highest BCUT2D eigenvalue weighted by Gasteiger charge is 2.40. The molecule has 2 aliphatic heterocycles. The molecule has 0 radical (unpaired) electrons. The quantitative estimate of drug-likeness (QED) is 0.314. The lowest BCUT2D eigenvalue weighted by Crippen LogP contribution is -2.44. The number of fused-ring (bicyclic) bond motifs is 3. The predicted octanol–water partition coefficient (Wildman–Crippen LogP) is 6.07. The van der Waals surface area contributed by atoms with Crippen LogP contribution in [0.2, 0.25) is 5.02 Å². The Hall–Kier alpha value is -3.04. The van der Waals surface area contributed by atoms with E-state index in [0.717, 1.165) is 62.7 Å². The third-order valence-electron chi connectivity index (χ3n) is 9.63. The van der Waals surface area contributed by atoms with Gasteiger partial charge in [0.1, 0.15) is 18.5 Å². The molecule has 2 bridgehead atoms. The van der Waals surface area contributed by atoms with Crippen LogP contribution >= 0.6 is 11.6 Å². The molecule has 0 spiro atoms. The number of rotatable bonds is 2. The van der Waals surface area contributed by atoms with E-state index in [-0.39, 0.29) is 41.1 Å². The highest BCUT2D eigenvalue weighted by molar-refractivity contribution is 7.90. The van der Waals surface area contributed by atoms with Gasteiger partial charge in [-0.1, -0.05) is 23.7 Å². The highest BCUT2D eigenvalue weighted by Crippen LogP contribution is 2.43. The fraction of sp³-hybridized carbons (Fsp3) is 0.529. The van der Waals surface area contributed by atoms with Crippen LogP contribution in [0.4, 0.5) is 5.69 Å². The first-order chi connectivity index (χ1) is 21.1. The number of carbonyl (C=O) groups is 2. The van der Waals surface area contributed by atoms with Gasteiger partial charge in [-0.25, -0.2) is 13.1 Å². The summed E-state index contributed by atoms with van der Waals surface area (Å²) >= 11 is 6.32. The smallest absolute Gasteiger partial charge is 0.303 e. The molecule has 44 heavy (non-hydrogen) atoms. The maximum atomic E-state index is 13.4. The van der Waals surface area contributed by atoms with Crippen LogP contribution in [0.25, 0.3) is 0 Å². The van der Waals surface area contributed by atoms with Crippen LogP contribution in [0.15, 0.2) is 48.6 Å². The summed E-state index contributed by atoms with van der Waals surface area (Å²) in [5.74, 6) is 0.214. The third kappa shape index (κ3) is 7.42. The fourth-order valence-electron chi connectivity index (χ4n) is 6.95. The van der Waals surface area contributed by atoms with Crippen molar-refractivity contribution in [1.82, 2.24) is 4.72 Å². The van der Waals surface area contributed by atoms with Crippen LogP contribution < -0.4 is 14.4 Å². The number of benzene rings is 2. The van der Waals surface area contributed by atoms with Crippen LogP contribution in [0.3, 0.4) is 0 Å². The van der Waals surface area contributed by atoms with E-state index in [2.05, 4.69) is 9.62 Å². The molecule has 4 atom stereocenters. The largest absolute Gasteiger partial charge is 0.487 e. The monoisotopic (exact) mass is 640 g/mol. The summed E-state index contributed by atoms with van der Waals surface area (Å²) in [5.41, 5.74) is 3.27. The van der Waals surface area contributed by atoms with E-state index in [4.69, 9.17) is 21.1 Å². The van der Waals surface area contributed by atoms with E-state index in [1.54, 1.807) is 18.2 Å². The number of nitrogens with one attached hydrogen (secondary N) is 1. The van der Waals surface area contributed by atoms with Crippen molar-refractivity contribution < 1.29 is 27.5 Å². The molecule has 1 amide bonds. The molecule has 236 valence electrons. The molecule has 2 fully saturated rings. The van der Waals surface area contributed by atoms with Crippen molar-refractivity contribution in [2.75, 3.05) is 23.7 Å². The number of anilines is 1. The van der Waals surface area contributed by atoms with E-state index in [1.807, 2.05) is 30.4 Å². The molecule has 2 saturated carbocycles. The zero-order valence-corrected chi connectivity index (χ0v) is 26.7. The molecule has 0 saturated heterocycles. The molecular weight excluding hydrogens is 600 g/mol. The molecule has 1 N–H and O–H groups in total. The van der Waals surface area contributed by atoms with Crippen LogP contribution in [0.1, 0.15) is 73.4 Å². The zero-order valence-electron chi connectivity index (χ0n) is 25.2. The van der Waals surface area contributed by atoms with Gasteiger partial charge in [-0.3, -0.25) is 9.59 Å². The van der Waals surface area contributed by atoms with E-state index >= 15 is 0 Å². The molecule has 8 nitrogen and oxygen atoms in total. The minimum absolute atomic E-state index is 0.103. The number of carbonyl (C=O) groups excluding carboxylic acids is 2. The summed E-state index contributed by atoms with van der Waals surface area (Å²) in [6, 6.07) is 11.1. The molecule has 2 aromatic rings. The number of allylic oxidation sites excluding steroid dienone is 1. The Balaban J connectivity index is 1.37. The third-order valence-corrected chi connectivity index (χ3v) is 11.2. The summed E-state index contributed by atoms with van der Waals surface area (Å²) in [4.78, 5) is 27.8. The Morgan fingerprint density at radius 1 is 1.02 bits per heavy atom. The molecule has 2 unspecified atom stereocenters. The normalized spacial score (nSPS) is 28.0. The number of nitrogens with zero attached hydrogens (tertiary/aromatic N) is 1.